The minimum atomic E-state index is -0.604. The van der Waals surface area contributed by atoms with Gasteiger partial charge in [-0.05, 0) is 165 Å². The molecule has 1 unspecified atom stereocenters. The first kappa shape index (κ1) is 35.0. The van der Waals surface area contributed by atoms with E-state index in [0.717, 1.165) is 105 Å². The summed E-state index contributed by atoms with van der Waals surface area (Å²) in [5.74, 6) is 3.84. The van der Waals surface area contributed by atoms with Gasteiger partial charge >= 0.3 is 0 Å². The molecule has 2 aromatic rings. The Morgan fingerprint density at radius 2 is 1.86 bits per heavy atom. The molecule has 3 aliphatic heterocycles. The van der Waals surface area contributed by atoms with E-state index in [1.54, 1.807) is 7.11 Å². The van der Waals surface area contributed by atoms with Crippen molar-refractivity contribution in [1.29, 1.82) is 0 Å². The number of ether oxygens (including phenoxy) is 1. The van der Waals surface area contributed by atoms with Gasteiger partial charge in [-0.25, -0.2) is 0 Å². The minimum absolute atomic E-state index is 0.0880. The maximum Gasteiger partial charge on any atom is 0.119 e. The van der Waals surface area contributed by atoms with Gasteiger partial charge in [-0.1, -0.05) is 26.8 Å². The zero-order valence-electron chi connectivity index (χ0n) is 30.9. The van der Waals surface area contributed by atoms with Crippen molar-refractivity contribution < 1.29 is 25.2 Å². The first-order valence-electron chi connectivity index (χ1n) is 20.0. The highest BCUT2D eigenvalue weighted by Crippen LogP contribution is 2.68. The molecule has 2 bridgehead atoms. The molecule has 4 aliphatic carbocycles. The van der Waals surface area contributed by atoms with E-state index >= 15 is 0 Å². The molecule has 1 aromatic heterocycles. The quantitative estimate of drug-likeness (QED) is 0.229. The number of aryl methyl sites for hydroxylation is 1. The van der Waals surface area contributed by atoms with E-state index in [9.17, 15) is 20.4 Å². The number of hydrogen-bond acceptors (Lipinski definition) is 7. The Bertz CT molecular complexity index is 1580. The number of nitrogens with zero attached hydrogens (tertiary/aromatic N) is 2. The van der Waals surface area contributed by atoms with Crippen LogP contribution in [0.3, 0.4) is 0 Å². The van der Waals surface area contributed by atoms with Crippen molar-refractivity contribution in [3.05, 3.63) is 48.2 Å². The molecule has 9 rings (SSSR count). The summed E-state index contributed by atoms with van der Waals surface area (Å²) in [4.78, 5) is 7.62. The fraction of sp³-hybridized carbons (Fsp3) is 0.744. The second-order valence-electron chi connectivity index (χ2n) is 18.3. The topological polar surface area (TPSA) is 106 Å². The van der Waals surface area contributed by atoms with E-state index in [0.29, 0.717) is 41.4 Å². The molecule has 7 nitrogen and oxygen atoms in total. The summed E-state index contributed by atoms with van der Waals surface area (Å²) < 4.78 is 5.61. The molecular formula is C43H62N2O5. The predicted molar refractivity (Wildman–Crippen MR) is 197 cm³/mol. The Labute approximate surface area is 299 Å². The van der Waals surface area contributed by atoms with Gasteiger partial charge in [-0.15, -0.1) is 6.58 Å². The number of aliphatic hydroxyl groups is 4. The Kier molecular flexibility index (Phi) is 9.19. The molecule has 4 N–H and O–H groups in total. The molecule has 4 heterocycles. The van der Waals surface area contributed by atoms with Crippen molar-refractivity contribution in [2.75, 3.05) is 20.2 Å². The number of aliphatic hydroxyl groups excluding tert-OH is 4. The third-order valence-corrected chi connectivity index (χ3v) is 16.3. The normalized spacial score (nSPS) is 45.0. The lowest BCUT2D eigenvalue weighted by atomic mass is 9.43. The third-order valence-electron chi connectivity index (χ3n) is 16.3. The van der Waals surface area contributed by atoms with Gasteiger partial charge in [-0.2, -0.15) is 0 Å². The van der Waals surface area contributed by atoms with Crippen LogP contribution < -0.4 is 4.74 Å². The predicted octanol–water partition coefficient (Wildman–Crippen LogP) is 6.70. The zero-order chi connectivity index (χ0) is 35.1. The van der Waals surface area contributed by atoms with Crippen LogP contribution >= 0.6 is 0 Å². The molecule has 7 fully saturated rings. The summed E-state index contributed by atoms with van der Waals surface area (Å²) in [5.41, 5.74) is 2.75. The average molecular weight is 687 g/mol. The highest BCUT2D eigenvalue weighted by molar-refractivity contribution is 5.84. The Balaban J connectivity index is 1.02. The van der Waals surface area contributed by atoms with Crippen molar-refractivity contribution in [1.82, 2.24) is 9.88 Å². The van der Waals surface area contributed by atoms with Crippen LogP contribution in [0.4, 0.5) is 0 Å². The molecule has 274 valence electrons. The molecule has 7 heteroatoms. The SMILES string of the molecule is C=C[C@H]1CN2CC[C@H]1C[C@@H]2[C@@H](O)c1cc(CC[C@@H](C)[C@H]2CC[C@H]3[C@@H]4[C@H](O)C[C@@H]5C[C@H](O)CC[C@]5(C)[C@H]4C[C@H](O)[C@]23C)nc2ccc(OC)cc12. The molecule has 50 heavy (non-hydrogen) atoms. The number of fused-ring (bicyclic) bond motifs is 9. The first-order valence-corrected chi connectivity index (χ1v) is 20.0. The Hall–Kier alpha value is -2.03. The average Bonchev–Trinajstić information content (AvgIpc) is 3.49. The van der Waals surface area contributed by atoms with Gasteiger partial charge in [0.25, 0.3) is 0 Å². The van der Waals surface area contributed by atoms with Crippen LogP contribution in [-0.2, 0) is 6.42 Å². The summed E-state index contributed by atoms with van der Waals surface area (Å²) >= 11 is 0. The third kappa shape index (κ3) is 5.50. The highest BCUT2D eigenvalue weighted by atomic mass is 16.5. The first-order chi connectivity index (χ1) is 24.0. The van der Waals surface area contributed by atoms with Gasteiger partial charge < -0.3 is 25.2 Å². The maximum absolute atomic E-state index is 12.1. The van der Waals surface area contributed by atoms with E-state index in [-0.39, 0.29) is 41.1 Å². The van der Waals surface area contributed by atoms with Crippen LogP contribution in [0.15, 0.2) is 36.9 Å². The molecule has 0 amide bonds. The van der Waals surface area contributed by atoms with Gasteiger partial charge in [0, 0.05) is 23.7 Å². The van der Waals surface area contributed by atoms with E-state index in [4.69, 9.17) is 9.72 Å². The largest absolute Gasteiger partial charge is 0.497 e. The van der Waals surface area contributed by atoms with E-state index in [1.165, 1.54) is 6.42 Å². The van der Waals surface area contributed by atoms with E-state index < -0.39 is 6.10 Å². The monoisotopic (exact) mass is 686 g/mol. The van der Waals surface area contributed by atoms with Crippen molar-refractivity contribution in [3.63, 3.8) is 0 Å². The van der Waals surface area contributed by atoms with Gasteiger partial charge in [0.1, 0.15) is 5.75 Å². The molecule has 3 saturated heterocycles. The molecule has 4 saturated carbocycles. The number of piperidine rings is 3. The van der Waals surface area contributed by atoms with Crippen molar-refractivity contribution >= 4 is 10.9 Å². The molecule has 7 aliphatic rings. The van der Waals surface area contributed by atoms with Crippen LogP contribution in [0.25, 0.3) is 10.9 Å². The molecule has 16 atom stereocenters. The number of hydrogen-bond donors (Lipinski definition) is 4. The fourth-order valence-electron chi connectivity index (χ4n) is 13.4. The lowest BCUT2D eigenvalue weighted by molar-refractivity contribution is -0.207. The summed E-state index contributed by atoms with van der Waals surface area (Å²) in [6, 6.07) is 8.29. The Morgan fingerprint density at radius 3 is 2.60 bits per heavy atom. The van der Waals surface area contributed by atoms with Gasteiger partial charge in [0.15, 0.2) is 0 Å². The zero-order valence-corrected chi connectivity index (χ0v) is 30.9. The van der Waals surface area contributed by atoms with Crippen LogP contribution in [0, 0.1) is 58.2 Å². The van der Waals surface area contributed by atoms with Crippen LogP contribution in [-0.4, -0.2) is 74.9 Å². The molecule has 0 spiro atoms. The number of aromatic nitrogens is 1. The van der Waals surface area contributed by atoms with Crippen LogP contribution in [0.5, 0.6) is 5.75 Å². The van der Waals surface area contributed by atoms with Crippen molar-refractivity contribution in [2.24, 2.45) is 58.2 Å². The van der Waals surface area contributed by atoms with Crippen LogP contribution in [0.2, 0.25) is 0 Å². The van der Waals surface area contributed by atoms with Gasteiger partial charge in [0.2, 0.25) is 0 Å². The summed E-state index contributed by atoms with van der Waals surface area (Å²) in [5, 5.41) is 47.3. The Morgan fingerprint density at radius 1 is 1.04 bits per heavy atom. The lowest BCUT2D eigenvalue weighted by Gasteiger charge is -2.63. The van der Waals surface area contributed by atoms with Crippen molar-refractivity contribution in [3.8, 4) is 5.75 Å². The van der Waals surface area contributed by atoms with Gasteiger partial charge in [0.05, 0.1) is 37.0 Å². The second kappa shape index (κ2) is 13.1. The number of benzene rings is 1. The molecule has 1 aromatic carbocycles. The standard InChI is InChI=1S/C43H62N2O5/c1-6-25-23-45-16-14-26(25)17-37(45)41(49)32-20-28(44-36-12-9-30(50-5)21-31(32)36)8-7-24(2)33-10-11-34-40-35(22-39(48)43(33,34)4)42(3)15-13-29(46)18-27(42)19-38(40)47/h6,9,12,20-21,24-27,29,33-35,37-41,46-49H,1,7-8,10-11,13-19,22-23H2,2-5H3/t24-,25+,26+,27+,29-,33-,34+,35+,37-,38-,39+,40+,41+,42+,43-/m1/s1. The number of rotatable bonds is 8. The van der Waals surface area contributed by atoms with Gasteiger partial charge in [-0.3, -0.25) is 9.88 Å². The van der Waals surface area contributed by atoms with Crippen molar-refractivity contribution in [2.45, 2.75) is 122 Å². The number of pyridine rings is 1. The smallest absolute Gasteiger partial charge is 0.119 e. The lowest BCUT2D eigenvalue weighted by Crippen LogP contribution is -2.62. The highest BCUT2D eigenvalue weighted by Gasteiger charge is 2.65. The fourth-order valence-corrected chi connectivity index (χ4v) is 13.4. The van der Waals surface area contributed by atoms with E-state index in [1.807, 2.05) is 18.2 Å². The molecule has 0 radical (unpaired) electrons. The summed E-state index contributed by atoms with van der Waals surface area (Å²) in [6.45, 7) is 13.2. The maximum atomic E-state index is 12.1. The summed E-state index contributed by atoms with van der Waals surface area (Å²) in [6.07, 6.45) is 10.8. The second-order valence-corrected chi connectivity index (χ2v) is 18.3. The molecular weight excluding hydrogens is 624 g/mol. The summed E-state index contributed by atoms with van der Waals surface area (Å²) in [7, 11) is 1.69. The van der Waals surface area contributed by atoms with E-state index in [2.05, 4.69) is 44.4 Å². The number of methoxy groups -OCH3 is 1. The van der Waals surface area contributed by atoms with Crippen LogP contribution in [0.1, 0.15) is 102 Å². The minimum Gasteiger partial charge on any atom is -0.497 e.